The summed E-state index contributed by atoms with van der Waals surface area (Å²) in [6.45, 7) is 3.44. The number of guanidine groups is 1. The molecule has 0 aliphatic carbocycles. The molecular formula is C23H22FN5O2. The summed E-state index contributed by atoms with van der Waals surface area (Å²) < 4.78 is 13.6. The molecule has 2 amide bonds. The molecule has 31 heavy (non-hydrogen) atoms. The summed E-state index contributed by atoms with van der Waals surface area (Å²) in [5, 5.41) is 8.34. The number of carbonyl (C=O) groups excluding carboxylic acids is 2. The topological polar surface area (TPSA) is 95.5 Å². The van der Waals surface area contributed by atoms with E-state index < -0.39 is 11.7 Å². The Bertz CT molecular complexity index is 1120. The highest BCUT2D eigenvalue weighted by Gasteiger charge is 2.12. The van der Waals surface area contributed by atoms with Crippen LogP contribution in [0.5, 0.6) is 0 Å². The standard InChI is InChI=1S/C23H22FN5O2/c1-15-9-10-17(12-21(15)27-16(2)30)22(31)29-23(26-14-20-7-3-4-11-25-20)28-19-8-5-6-18(24)13-19/h3-13H,14H2,1-2H3,(H,27,30)(H2,26,28,29,31). The van der Waals surface area contributed by atoms with Crippen molar-refractivity contribution in [3.63, 3.8) is 0 Å². The van der Waals surface area contributed by atoms with Crippen molar-refractivity contribution >= 4 is 29.1 Å². The van der Waals surface area contributed by atoms with Crippen molar-refractivity contribution in [1.29, 1.82) is 0 Å². The molecular weight excluding hydrogens is 397 g/mol. The average molecular weight is 419 g/mol. The van der Waals surface area contributed by atoms with Crippen LogP contribution in [0.15, 0.2) is 71.9 Å². The fraction of sp³-hybridized carbons (Fsp3) is 0.130. The van der Waals surface area contributed by atoms with Crippen molar-refractivity contribution in [2.45, 2.75) is 20.4 Å². The van der Waals surface area contributed by atoms with Crippen molar-refractivity contribution in [1.82, 2.24) is 10.3 Å². The van der Waals surface area contributed by atoms with Crippen LogP contribution in [0.3, 0.4) is 0 Å². The van der Waals surface area contributed by atoms with E-state index in [2.05, 4.69) is 25.9 Å². The molecule has 3 N–H and O–H groups in total. The SMILES string of the molecule is CC(=O)Nc1cc(C(=O)NC(=NCc2ccccn2)Nc2cccc(F)c2)ccc1C. The van der Waals surface area contributed by atoms with Crippen molar-refractivity contribution in [3.05, 3.63) is 89.5 Å². The highest BCUT2D eigenvalue weighted by molar-refractivity contribution is 6.10. The van der Waals surface area contributed by atoms with Crippen molar-refractivity contribution in [2.75, 3.05) is 10.6 Å². The van der Waals surface area contributed by atoms with Crippen LogP contribution in [0.2, 0.25) is 0 Å². The molecule has 0 spiro atoms. The van der Waals surface area contributed by atoms with Gasteiger partial charge < -0.3 is 10.6 Å². The third-order valence-electron chi connectivity index (χ3n) is 4.26. The van der Waals surface area contributed by atoms with E-state index in [0.29, 0.717) is 22.6 Å². The van der Waals surface area contributed by atoms with Crippen LogP contribution >= 0.6 is 0 Å². The second-order valence-corrected chi connectivity index (χ2v) is 6.79. The van der Waals surface area contributed by atoms with E-state index in [1.54, 1.807) is 42.6 Å². The Morgan fingerprint density at radius 1 is 1.03 bits per heavy atom. The molecule has 0 saturated carbocycles. The number of aromatic nitrogens is 1. The summed E-state index contributed by atoms with van der Waals surface area (Å²) >= 11 is 0. The molecule has 0 radical (unpaired) electrons. The van der Waals surface area contributed by atoms with E-state index in [9.17, 15) is 14.0 Å². The van der Waals surface area contributed by atoms with Gasteiger partial charge in [-0.25, -0.2) is 9.38 Å². The minimum atomic E-state index is -0.435. The van der Waals surface area contributed by atoms with Crippen LogP contribution in [0.4, 0.5) is 15.8 Å². The molecule has 0 aliphatic rings. The lowest BCUT2D eigenvalue weighted by atomic mass is 10.1. The lowest BCUT2D eigenvalue weighted by molar-refractivity contribution is -0.114. The number of nitrogens with zero attached hydrogens (tertiary/aromatic N) is 2. The molecule has 8 heteroatoms. The molecule has 1 heterocycles. The van der Waals surface area contributed by atoms with Gasteiger partial charge in [0.25, 0.3) is 5.91 Å². The van der Waals surface area contributed by atoms with Gasteiger partial charge in [-0.2, -0.15) is 0 Å². The summed E-state index contributed by atoms with van der Waals surface area (Å²) in [5.41, 5.74) is 2.85. The van der Waals surface area contributed by atoms with E-state index >= 15 is 0 Å². The minimum Gasteiger partial charge on any atom is -0.326 e. The zero-order valence-electron chi connectivity index (χ0n) is 17.1. The van der Waals surface area contributed by atoms with Gasteiger partial charge in [-0.1, -0.05) is 18.2 Å². The van der Waals surface area contributed by atoms with Crippen LogP contribution in [-0.2, 0) is 11.3 Å². The Morgan fingerprint density at radius 2 is 1.87 bits per heavy atom. The van der Waals surface area contributed by atoms with Crippen LogP contribution in [0, 0.1) is 12.7 Å². The normalized spacial score (nSPS) is 11.0. The first-order chi connectivity index (χ1) is 14.9. The average Bonchev–Trinajstić information content (AvgIpc) is 2.74. The number of carbonyl (C=O) groups is 2. The number of amides is 2. The largest absolute Gasteiger partial charge is 0.326 e. The number of nitrogens with one attached hydrogen (secondary N) is 3. The summed E-state index contributed by atoms with van der Waals surface area (Å²) in [4.78, 5) is 32.8. The minimum absolute atomic E-state index is 0.142. The molecule has 0 fully saturated rings. The van der Waals surface area contributed by atoms with E-state index in [1.807, 2.05) is 19.1 Å². The number of halogens is 1. The molecule has 7 nitrogen and oxygen atoms in total. The Labute approximate surface area is 179 Å². The molecule has 3 rings (SSSR count). The third kappa shape index (κ3) is 6.46. The molecule has 0 saturated heterocycles. The van der Waals surface area contributed by atoms with E-state index in [0.717, 1.165) is 5.56 Å². The molecule has 158 valence electrons. The zero-order valence-corrected chi connectivity index (χ0v) is 17.1. The summed E-state index contributed by atoms with van der Waals surface area (Å²) in [7, 11) is 0. The smallest absolute Gasteiger partial charge is 0.258 e. The van der Waals surface area contributed by atoms with Gasteiger partial charge in [0.15, 0.2) is 0 Å². The van der Waals surface area contributed by atoms with Gasteiger partial charge in [0, 0.05) is 30.1 Å². The molecule has 1 aromatic heterocycles. The number of pyridine rings is 1. The third-order valence-corrected chi connectivity index (χ3v) is 4.26. The van der Waals surface area contributed by atoms with Gasteiger partial charge in [0.05, 0.1) is 12.2 Å². The maximum atomic E-state index is 13.6. The summed E-state index contributed by atoms with van der Waals surface area (Å²) in [6, 6.07) is 16.3. The zero-order chi connectivity index (χ0) is 22.2. The van der Waals surface area contributed by atoms with Crippen molar-refractivity contribution in [3.8, 4) is 0 Å². The van der Waals surface area contributed by atoms with E-state index in [4.69, 9.17) is 0 Å². The highest BCUT2D eigenvalue weighted by Crippen LogP contribution is 2.17. The van der Waals surface area contributed by atoms with Crippen LogP contribution in [0.25, 0.3) is 0 Å². The number of rotatable bonds is 5. The summed E-state index contributed by atoms with van der Waals surface area (Å²) in [6.07, 6.45) is 1.65. The fourth-order valence-corrected chi connectivity index (χ4v) is 2.73. The van der Waals surface area contributed by atoms with Gasteiger partial charge in [0.2, 0.25) is 11.9 Å². The predicted molar refractivity (Wildman–Crippen MR) is 118 cm³/mol. The Morgan fingerprint density at radius 3 is 2.58 bits per heavy atom. The number of aliphatic imine (C=N–C) groups is 1. The van der Waals surface area contributed by atoms with Crippen molar-refractivity contribution in [2.24, 2.45) is 4.99 Å². The van der Waals surface area contributed by atoms with Gasteiger partial charge in [-0.3, -0.25) is 19.9 Å². The molecule has 0 atom stereocenters. The Hall–Kier alpha value is -4.07. The molecule has 0 unspecified atom stereocenters. The number of anilines is 2. The second-order valence-electron chi connectivity index (χ2n) is 6.79. The first-order valence-corrected chi connectivity index (χ1v) is 9.57. The van der Waals surface area contributed by atoms with Crippen LogP contribution in [-0.4, -0.2) is 22.8 Å². The van der Waals surface area contributed by atoms with Crippen molar-refractivity contribution < 1.29 is 14.0 Å². The lowest BCUT2D eigenvalue weighted by Crippen LogP contribution is -2.36. The van der Waals surface area contributed by atoms with Crippen LogP contribution in [0.1, 0.15) is 28.5 Å². The fourth-order valence-electron chi connectivity index (χ4n) is 2.73. The number of hydrogen-bond acceptors (Lipinski definition) is 4. The van der Waals surface area contributed by atoms with Gasteiger partial charge in [-0.15, -0.1) is 0 Å². The number of aryl methyl sites for hydroxylation is 1. The van der Waals surface area contributed by atoms with Gasteiger partial charge in [0.1, 0.15) is 5.82 Å². The lowest BCUT2D eigenvalue weighted by Gasteiger charge is -2.13. The maximum Gasteiger partial charge on any atom is 0.258 e. The monoisotopic (exact) mass is 419 g/mol. The maximum absolute atomic E-state index is 13.6. The highest BCUT2D eigenvalue weighted by atomic mass is 19.1. The first kappa shape index (κ1) is 21.6. The van der Waals surface area contributed by atoms with E-state index in [1.165, 1.54) is 19.1 Å². The van der Waals surface area contributed by atoms with Gasteiger partial charge in [-0.05, 0) is 55.0 Å². The first-order valence-electron chi connectivity index (χ1n) is 9.57. The Kier molecular flexibility index (Phi) is 7.05. The van der Waals surface area contributed by atoms with Gasteiger partial charge >= 0.3 is 0 Å². The predicted octanol–water partition coefficient (Wildman–Crippen LogP) is 3.89. The molecule has 3 aromatic rings. The summed E-state index contributed by atoms with van der Waals surface area (Å²) in [5.74, 6) is -0.942. The van der Waals surface area contributed by atoms with E-state index in [-0.39, 0.29) is 18.4 Å². The number of hydrogen-bond donors (Lipinski definition) is 3. The number of benzene rings is 2. The Balaban J connectivity index is 1.83. The quantitative estimate of drug-likeness (QED) is 0.432. The molecule has 0 bridgehead atoms. The molecule has 0 aliphatic heterocycles. The second kappa shape index (κ2) is 10.1. The van der Waals surface area contributed by atoms with Crippen LogP contribution < -0.4 is 16.0 Å². The molecule has 2 aromatic carbocycles.